The number of benzene rings is 2. The van der Waals surface area contributed by atoms with Crippen LogP contribution in [0.5, 0.6) is 28.7 Å². The van der Waals surface area contributed by atoms with Gasteiger partial charge >= 0.3 is 0 Å². The smallest absolute Gasteiger partial charge is 0.276 e. The van der Waals surface area contributed by atoms with E-state index in [1.165, 1.54) is 13.2 Å². The first-order valence-corrected chi connectivity index (χ1v) is 11.0. The van der Waals surface area contributed by atoms with E-state index >= 15 is 0 Å². The van der Waals surface area contributed by atoms with E-state index < -0.39 is 4.92 Å². The first kappa shape index (κ1) is 24.6. The molecule has 9 nitrogen and oxygen atoms in total. The number of nitro benzene ring substituents is 1. The number of rotatable bonds is 10. The first-order valence-electron chi connectivity index (χ1n) is 11.0. The van der Waals surface area contributed by atoms with Crippen LogP contribution < -0.4 is 18.9 Å². The highest BCUT2D eigenvalue weighted by molar-refractivity contribution is 5.57. The topological polar surface area (TPSA) is 86.5 Å². The predicted octanol–water partition coefficient (Wildman–Crippen LogP) is 3.90. The third kappa shape index (κ3) is 6.06. The maximum absolute atomic E-state index is 11.3. The average molecular weight is 460 g/mol. The van der Waals surface area contributed by atoms with E-state index in [0.717, 1.165) is 51.1 Å². The minimum atomic E-state index is -0.429. The summed E-state index contributed by atoms with van der Waals surface area (Å²) in [6.45, 7) is 7.00. The summed E-state index contributed by atoms with van der Waals surface area (Å²) in [4.78, 5) is 15.7. The van der Waals surface area contributed by atoms with Crippen LogP contribution in [0.15, 0.2) is 24.3 Å². The molecule has 1 aliphatic rings. The van der Waals surface area contributed by atoms with Crippen LogP contribution in [0.4, 0.5) is 5.69 Å². The molecule has 1 fully saturated rings. The number of nitro groups is 1. The van der Waals surface area contributed by atoms with Gasteiger partial charge in [-0.25, -0.2) is 0 Å². The van der Waals surface area contributed by atoms with Crippen LogP contribution in [-0.2, 0) is 6.42 Å². The zero-order valence-electron chi connectivity index (χ0n) is 20.1. The molecule has 0 spiro atoms. The molecule has 0 radical (unpaired) electrons. The number of likely N-dealkylation sites (N-methyl/N-ethyl adjacent to an activating group) is 1. The summed E-state index contributed by atoms with van der Waals surface area (Å²) in [6.07, 6.45) is 1.75. The van der Waals surface area contributed by atoms with E-state index in [2.05, 4.69) is 16.8 Å². The number of hydrogen-bond donors (Lipinski definition) is 0. The Balaban J connectivity index is 1.85. The van der Waals surface area contributed by atoms with Crippen molar-refractivity contribution >= 4 is 5.69 Å². The molecule has 0 bridgehead atoms. The van der Waals surface area contributed by atoms with Crippen molar-refractivity contribution in [3.05, 3.63) is 45.5 Å². The maximum Gasteiger partial charge on any atom is 0.276 e. The van der Waals surface area contributed by atoms with Gasteiger partial charge in [-0.3, -0.25) is 10.1 Å². The summed E-state index contributed by atoms with van der Waals surface area (Å²) in [5.41, 5.74) is 1.45. The van der Waals surface area contributed by atoms with Gasteiger partial charge in [-0.1, -0.05) is 0 Å². The predicted molar refractivity (Wildman–Crippen MR) is 126 cm³/mol. The molecule has 0 atom stereocenters. The molecule has 0 aromatic heterocycles. The van der Waals surface area contributed by atoms with Gasteiger partial charge < -0.3 is 28.7 Å². The van der Waals surface area contributed by atoms with Gasteiger partial charge in [0.25, 0.3) is 5.69 Å². The van der Waals surface area contributed by atoms with Crippen molar-refractivity contribution < 1.29 is 23.9 Å². The second-order valence-electron chi connectivity index (χ2n) is 8.21. The van der Waals surface area contributed by atoms with Crippen LogP contribution in [0.3, 0.4) is 0 Å². The Morgan fingerprint density at radius 3 is 2.09 bits per heavy atom. The highest BCUT2D eigenvalue weighted by atomic mass is 16.6. The number of methoxy groups -OCH3 is 3. The minimum Gasteiger partial charge on any atom is -0.493 e. The largest absolute Gasteiger partial charge is 0.493 e. The van der Waals surface area contributed by atoms with Crippen LogP contribution >= 0.6 is 0 Å². The van der Waals surface area contributed by atoms with E-state index in [1.54, 1.807) is 33.3 Å². The quantitative estimate of drug-likeness (QED) is 0.391. The molecule has 1 saturated heterocycles. The Bertz CT molecular complexity index is 973. The van der Waals surface area contributed by atoms with Gasteiger partial charge in [0.1, 0.15) is 5.75 Å². The van der Waals surface area contributed by atoms with Crippen molar-refractivity contribution in [3.8, 4) is 28.7 Å². The number of aryl methyl sites for hydroxylation is 2. The molecule has 3 rings (SSSR count). The van der Waals surface area contributed by atoms with Gasteiger partial charge in [0.05, 0.1) is 32.3 Å². The lowest BCUT2D eigenvalue weighted by molar-refractivity contribution is -0.385. The molecule has 0 N–H and O–H groups in total. The number of piperazine rings is 1. The molecule has 33 heavy (non-hydrogen) atoms. The lowest BCUT2D eigenvalue weighted by atomic mass is 10.1. The van der Waals surface area contributed by atoms with Gasteiger partial charge in [0.15, 0.2) is 23.0 Å². The maximum atomic E-state index is 11.3. The van der Waals surface area contributed by atoms with E-state index in [4.69, 9.17) is 18.9 Å². The van der Waals surface area contributed by atoms with Crippen molar-refractivity contribution in [1.29, 1.82) is 0 Å². The number of ether oxygens (including phenoxy) is 4. The highest BCUT2D eigenvalue weighted by Gasteiger charge is 2.20. The lowest BCUT2D eigenvalue weighted by Gasteiger charge is -2.32. The molecular weight excluding hydrogens is 426 g/mol. The van der Waals surface area contributed by atoms with E-state index in [0.29, 0.717) is 34.3 Å². The molecular formula is C24H33N3O6. The van der Waals surface area contributed by atoms with E-state index in [1.807, 2.05) is 6.07 Å². The zero-order valence-corrected chi connectivity index (χ0v) is 20.1. The Kier molecular flexibility index (Phi) is 8.35. The summed E-state index contributed by atoms with van der Waals surface area (Å²) >= 11 is 0. The van der Waals surface area contributed by atoms with Crippen LogP contribution in [-0.4, -0.2) is 75.8 Å². The second kappa shape index (κ2) is 11.2. The summed E-state index contributed by atoms with van der Waals surface area (Å²) in [6, 6.07) is 6.74. The standard InChI is InChI=1S/C24H33N3O6/c1-17-13-24(22(31-4)15-19(17)27(28)29)33-20-16-23(32-5)21(30-3)14-18(20)7-6-8-26-11-9-25(2)10-12-26/h13-16H,6-12H2,1-5H3. The number of hydrogen-bond acceptors (Lipinski definition) is 8. The van der Waals surface area contributed by atoms with Crippen molar-refractivity contribution in [2.45, 2.75) is 19.8 Å². The van der Waals surface area contributed by atoms with Crippen LogP contribution in [0.1, 0.15) is 17.5 Å². The van der Waals surface area contributed by atoms with E-state index in [-0.39, 0.29) is 5.69 Å². The fourth-order valence-corrected chi connectivity index (χ4v) is 3.96. The summed E-state index contributed by atoms with van der Waals surface area (Å²) in [7, 11) is 6.80. The van der Waals surface area contributed by atoms with Gasteiger partial charge in [-0.2, -0.15) is 0 Å². The molecule has 180 valence electrons. The normalized spacial score (nSPS) is 14.7. The zero-order chi connectivity index (χ0) is 24.0. The molecule has 0 aliphatic carbocycles. The molecule has 2 aromatic rings. The molecule has 1 heterocycles. The van der Waals surface area contributed by atoms with Gasteiger partial charge in [0, 0.05) is 37.8 Å². The average Bonchev–Trinajstić information content (AvgIpc) is 2.80. The molecule has 0 amide bonds. The SMILES string of the molecule is COc1cc(CCCN2CCN(C)CC2)c(Oc2cc(C)c([N+](=O)[O-])cc2OC)cc1OC. The number of nitrogens with zero attached hydrogens (tertiary/aromatic N) is 3. The fourth-order valence-electron chi connectivity index (χ4n) is 3.96. The van der Waals surface area contributed by atoms with Crippen LogP contribution in [0.2, 0.25) is 0 Å². The van der Waals surface area contributed by atoms with Crippen molar-refractivity contribution in [3.63, 3.8) is 0 Å². The second-order valence-corrected chi connectivity index (χ2v) is 8.21. The minimum absolute atomic E-state index is 0.0149. The Morgan fingerprint density at radius 1 is 0.879 bits per heavy atom. The molecule has 2 aromatic carbocycles. The van der Waals surface area contributed by atoms with Crippen LogP contribution in [0, 0.1) is 17.0 Å². The fraction of sp³-hybridized carbons (Fsp3) is 0.500. The van der Waals surface area contributed by atoms with E-state index in [9.17, 15) is 10.1 Å². The Morgan fingerprint density at radius 2 is 1.48 bits per heavy atom. The lowest BCUT2D eigenvalue weighted by Crippen LogP contribution is -2.44. The molecule has 0 unspecified atom stereocenters. The Labute approximate surface area is 194 Å². The summed E-state index contributed by atoms with van der Waals surface area (Å²) in [5, 5.41) is 11.3. The molecule has 9 heteroatoms. The third-order valence-corrected chi connectivity index (χ3v) is 5.98. The Hall–Kier alpha value is -3.04. The summed E-state index contributed by atoms with van der Waals surface area (Å²) < 4.78 is 22.6. The monoisotopic (exact) mass is 459 g/mol. The highest BCUT2D eigenvalue weighted by Crippen LogP contribution is 2.41. The van der Waals surface area contributed by atoms with Crippen molar-refractivity contribution in [2.24, 2.45) is 0 Å². The molecule has 1 aliphatic heterocycles. The van der Waals surface area contributed by atoms with Crippen LogP contribution in [0.25, 0.3) is 0 Å². The summed E-state index contributed by atoms with van der Waals surface area (Å²) in [5.74, 6) is 2.50. The first-order chi connectivity index (χ1) is 15.9. The van der Waals surface area contributed by atoms with Crippen molar-refractivity contribution in [1.82, 2.24) is 9.80 Å². The third-order valence-electron chi connectivity index (χ3n) is 5.98. The van der Waals surface area contributed by atoms with Gasteiger partial charge in [-0.15, -0.1) is 0 Å². The van der Waals surface area contributed by atoms with Gasteiger partial charge in [-0.05, 0) is 51.1 Å². The van der Waals surface area contributed by atoms with Gasteiger partial charge in [0.2, 0.25) is 0 Å². The van der Waals surface area contributed by atoms with Crippen molar-refractivity contribution in [2.75, 3.05) is 61.1 Å². The molecule has 0 saturated carbocycles.